The third-order valence-corrected chi connectivity index (χ3v) is 6.18. The number of hydrogen-bond acceptors (Lipinski definition) is 2. The Balaban J connectivity index is 1.51. The van der Waals surface area contributed by atoms with E-state index in [1.807, 2.05) is 0 Å². The Morgan fingerprint density at radius 1 is 0.868 bits per heavy atom. The van der Waals surface area contributed by atoms with Gasteiger partial charge in [-0.1, -0.05) is 12.1 Å². The van der Waals surface area contributed by atoms with Crippen molar-refractivity contribution in [3.63, 3.8) is 0 Å². The lowest BCUT2D eigenvalue weighted by atomic mass is 9.95. The van der Waals surface area contributed by atoms with Gasteiger partial charge in [0.15, 0.2) is 11.6 Å². The predicted molar refractivity (Wildman–Crippen MR) is 132 cm³/mol. The van der Waals surface area contributed by atoms with E-state index in [4.69, 9.17) is 0 Å². The van der Waals surface area contributed by atoms with Crippen molar-refractivity contribution in [2.24, 2.45) is 0 Å². The Bertz CT molecular complexity index is 1630. The smallest absolute Gasteiger partial charge is 0.225 e. The number of H-pyrrole nitrogens is 1. The van der Waals surface area contributed by atoms with Crippen molar-refractivity contribution in [2.45, 2.75) is 18.9 Å². The topological polar surface area (TPSA) is 57.8 Å². The molecule has 9 heteroatoms. The molecule has 0 unspecified atom stereocenters. The zero-order chi connectivity index (χ0) is 26.8. The van der Waals surface area contributed by atoms with Gasteiger partial charge in [0, 0.05) is 34.9 Å². The first-order valence-corrected chi connectivity index (χ1v) is 11.7. The molecule has 1 amide bonds. The van der Waals surface area contributed by atoms with Gasteiger partial charge < -0.3 is 10.3 Å². The highest BCUT2D eigenvalue weighted by Crippen LogP contribution is 2.30. The van der Waals surface area contributed by atoms with Crippen LogP contribution in [0.1, 0.15) is 22.9 Å². The minimum atomic E-state index is -1.06. The summed E-state index contributed by atoms with van der Waals surface area (Å²) in [6.07, 6.45) is 2.90. The van der Waals surface area contributed by atoms with Gasteiger partial charge in [0.1, 0.15) is 17.5 Å². The zero-order valence-electron chi connectivity index (χ0n) is 19.7. The summed E-state index contributed by atoms with van der Waals surface area (Å²) < 4.78 is 69.3. The fourth-order valence-corrected chi connectivity index (χ4v) is 4.50. The number of nitrogens with one attached hydrogen (secondary N) is 2. The molecule has 0 fully saturated rings. The molecule has 0 saturated heterocycles. The summed E-state index contributed by atoms with van der Waals surface area (Å²) in [6, 6.07) is 12.9. The molecule has 2 N–H and O–H groups in total. The Labute approximate surface area is 214 Å². The number of amides is 1. The van der Waals surface area contributed by atoms with Gasteiger partial charge in [-0.05, 0) is 71.6 Å². The van der Waals surface area contributed by atoms with Crippen LogP contribution in [0.2, 0.25) is 0 Å². The Morgan fingerprint density at radius 3 is 2.42 bits per heavy atom. The monoisotopic (exact) mass is 521 g/mol. The normalized spacial score (nSPS) is 12.0. The van der Waals surface area contributed by atoms with Crippen molar-refractivity contribution < 1.29 is 26.7 Å². The lowest BCUT2D eigenvalue weighted by molar-refractivity contribution is -0.121. The van der Waals surface area contributed by atoms with Crippen molar-refractivity contribution in [3.8, 4) is 11.1 Å². The van der Waals surface area contributed by atoms with E-state index in [1.54, 1.807) is 24.4 Å². The maximum atomic E-state index is 14.0. The van der Waals surface area contributed by atoms with Crippen molar-refractivity contribution in [1.82, 2.24) is 15.3 Å². The molecule has 192 valence electrons. The standard InChI is InChI=1S/C29H20F5N3O/c30-19-4-6-26-23(14-19)18(15-36-26)12-28(38)37-27(10-16-8-20(31)13-21(32)9-16)29-22(2-1-7-35-29)17-3-5-24(33)25(34)11-17/h1-9,11,13-15,27,36H,10,12H2,(H,37,38)/t27-/m0/s1. The third kappa shape index (κ3) is 5.41. The summed E-state index contributed by atoms with van der Waals surface area (Å²) in [4.78, 5) is 20.6. The number of carbonyl (C=O) groups is 1. The van der Waals surface area contributed by atoms with Gasteiger partial charge in [0.05, 0.1) is 18.2 Å². The zero-order valence-corrected chi connectivity index (χ0v) is 19.7. The largest absolute Gasteiger partial charge is 0.361 e. The number of aromatic amines is 1. The van der Waals surface area contributed by atoms with Crippen LogP contribution in [-0.2, 0) is 17.6 Å². The van der Waals surface area contributed by atoms with Crippen LogP contribution in [0.3, 0.4) is 0 Å². The van der Waals surface area contributed by atoms with Crippen LogP contribution in [0.15, 0.2) is 79.1 Å². The first-order chi connectivity index (χ1) is 18.3. The molecule has 5 aromatic rings. The van der Waals surface area contributed by atoms with Crippen LogP contribution in [-0.4, -0.2) is 15.9 Å². The molecule has 0 aliphatic carbocycles. The van der Waals surface area contributed by atoms with Gasteiger partial charge >= 0.3 is 0 Å². The Hall–Kier alpha value is -4.53. The van der Waals surface area contributed by atoms with E-state index in [0.29, 0.717) is 33.3 Å². The van der Waals surface area contributed by atoms with E-state index in [9.17, 15) is 26.7 Å². The molecule has 2 aromatic heterocycles. The van der Waals surface area contributed by atoms with E-state index >= 15 is 0 Å². The summed E-state index contributed by atoms with van der Waals surface area (Å²) in [5.74, 6) is -4.56. The molecule has 0 aliphatic rings. The number of hydrogen-bond donors (Lipinski definition) is 2. The van der Waals surface area contributed by atoms with Crippen LogP contribution in [0.5, 0.6) is 0 Å². The molecule has 1 atom stereocenters. The number of rotatable bonds is 7. The van der Waals surface area contributed by atoms with Crippen LogP contribution in [0.4, 0.5) is 22.0 Å². The molecular formula is C29H20F5N3O. The highest BCUT2D eigenvalue weighted by Gasteiger charge is 2.23. The van der Waals surface area contributed by atoms with E-state index in [0.717, 1.165) is 30.3 Å². The molecule has 0 bridgehead atoms. The fourth-order valence-electron chi connectivity index (χ4n) is 4.50. The lowest BCUT2D eigenvalue weighted by Gasteiger charge is -2.22. The first kappa shape index (κ1) is 25.1. The first-order valence-electron chi connectivity index (χ1n) is 11.7. The van der Waals surface area contributed by atoms with Crippen LogP contribution >= 0.6 is 0 Å². The fraction of sp³-hybridized carbons (Fsp3) is 0.103. The lowest BCUT2D eigenvalue weighted by Crippen LogP contribution is -2.32. The quantitative estimate of drug-likeness (QED) is 0.238. The molecular weight excluding hydrogens is 501 g/mol. The number of carbonyl (C=O) groups excluding carboxylic acids is 1. The number of halogens is 5. The minimum Gasteiger partial charge on any atom is -0.361 e. The maximum absolute atomic E-state index is 14.0. The summed E-state index contributed by atoms with van der Waals surface area (Å²) in [7, 11) is 0. The molecule has 0 spiro atoms. The number of nitrogens with zero attached hydrogens (tertiary/aromatic N) is 1. The van der Waals surface area contributed by atoms with Crippen LogP contribution in [0.25, 0.3) is 22.0 Å². The van der Waals surface area contributed by atoms with Gasteiger partial charge in [-0.15, -0.1) is 0 Å². The average molecular weight is 521 g/mol. The van der Waals surface area contributed by atoms with Gasteiger partial charge in [0.25, 0.3) is 0 Å². The van der Waals surface area contributed by atoms with E-state index in [2.05, 4.69) is 15.3 Å². The third-order valence-electron chi connectivity index (χ3n) is 6.18. The Morgan fingerprint density at radius 2 is 1.66 bits per heavy atom. The molecule has 3 aromatic carbocycles. The van der Waals surface area contributed by atoms with Crippen LogP contribution in [0, 0.1) is 29.1 Å². The van der Waals surface area contributed by atoms with E-state index in [1.165, 1.54) is 24.4 Å². The molecule has 0 aliphatic heterocycles. The second kappa shape index (κ2) is 10.5. The molecule has 0 saturated carbocycles. The average Bonchev–Trinajstić information content (AvgIpc) is 3.26. The molecule has 38 heavy (non-hydrogen) atoms. The van der Waals surface area contributed by atoms with Crippen molar-refractivity contribution in [3.05, 3.63) is 125 Å². The second-order valence-electron chi connectivity index (χ2n) is 8.85. The van der Waals surface area contributed by atoms with Gasteiger partial charge in [0.2, 0.25) is 5.91 Å². The molecule has 0 radical (unpaired) electrons. The summed E-state index contributed by atoms with van der Waals surface area (Å²) in [6.45, 7) is 0. The Kier molecular flexibility index (Phi) is 6.91. The SMILES string of the molecule is O=C(Cc1c[nH]c2ccc(F)cc12)N[C@@H](Cc1cc(F)cc(F)c1)c1ncccc1-c1ccc(F)c(F)c1. The number of pyridine rings is 1. The minimum absolute atomic E-state index is 0.0450. The second-order valence-corrected chi connectivity index (χ2v) is 8.85. The van der Waals surface area contributed by atoms with Crippen LogP contribution < -0.4 is 5.32 Å². The van der Waals surface area contributed by atoms with Gasteiger partial charge in [-0.3, -0.25) is 9.78 Å². The van der Waals surface area contributed by atoms with Gasteiger partial charge in [-0.2, -0.15) is 0 Å². The molecule has 5 rings (SSSR count). The van der Waals surface area contributed by atoms with Gasteiger partial charge in [-0.25, -0.2) is 22.0 Å². The van der Waals surface area contributed by atoms with E-state index in [-0.39, 0.29) is 18.4 Å². The van der Waals surface area contributed by atoms with E-state index < -0.39 is 41.0 Å². The number of aromatic nitrogens is 2. The number of benzene rings is 3. The van der Waals surface area contributed by atoms with Crippen molar-refractivity contribution in [2.75, 3.05) is 0 Å². The summed E-state index contributed by atoms with van der Waals surface area (Å²) in [5, 5.41) is 3.40. The highest BCUT2D eigenvalue weighted by atomic mass is 19.2. The highest BCUT2D eigenvalue weighted by molar-refractivity contribution is 5.89. The summed E-state index contributed by atoms with van der Waals surface area (Å²) >= 11 is 0. The predicted octanol–water partition coefficient (Wildman–Crippen LogP) is 6.57. The van der Waals surface area contributed by atoms with Crippen molar-refractivity contribution in [1.29, 1.82) is 0 Å². The molecule has 2 heterocycles. The van der Waals surface area contributed by atoms with Crippen molar-refractivity contribution >= 4 is 16.8 Å². The summed E-state index contributed by atoms with van der Waals surface area (Å²) in [5.41, 5.74) is 2.47. The number of fused-ring (bicyclic) bond motifs is 1. The molecule has 4 nitrogen and oxygen atoms in total. The maximum Gasteiger partial charge on any atom is 0.225 e.